The van der Waals surface area contributed by atoms with Gasteiger partial charge in [0.15, 0.2) is 5.96 Å². The summed E-state index contributed by atoms with van der Waals surface area (Å²) >= 11 is 0. The summed E-state index contributed by atoms with van der Waals surface area (Å²) in [5, 5.41) is 25.8. The van der Waals surface area contributed by atoms with Gasteiger partial charge in [0.05, 0.1) is 12.4 Å². The summed E-state index contributed by atoms with van der Waals surface area (Å²) in [6, 6.07) is -4.74. The van der Waals surface area contributed by atoms with Crippen molar-refractivity contribution in [1.29, 1.82) is 0 Å². The molecule has 3 amide bonds. The summed E-state index contributed by atoms with van der Waals surface area (Å²) in [6.45, 7) is 3.85. The lowest BCUT2D eigenvalue weighted by Gasteiger charge is -2.28. The molecule has 0 spiro atoms. The van der Waals surface area contributed by atoms with Gasteiger partial charge in [-0.25, -0.2) is 9.78 Å². The van der Waals surface area contributed by atoms with Crippen LogP contribution < -0.4 is 33.2 Å². The van der Waals surface area contributed by atoms with Crippen molar-refractivity contribution < 1.29 is 34.2 Å². The molecule has 0 fully saturated rings. The molecule has 0 aromatic carbocycles. The second-order valence-corrected chi connectivity index (χ2v) is 9.10. The second kappa shape index (κ2) is 16.6. The van der Waals surface area contributed by atoms with Crippen LogP contribution in [0.25, 0.3) is 0 Å². The summed E-state index contributed by atoms with van der Waals surface area (Å²) in [4.78, 5) is 72.0. The van der Waals surface area contributed by atoms with Crippen molar-refractivity contribution in [1.82, 2.24) is 25.9 Å². The maximum atomic E-state index is 13.3. The summed E-state index contributed by atoms with van der Waals surface area (Å²) in [6.07, 6.45) is 3.09. The zero-order valence-electron chi connectivity index (χ0n) is 22.1. The highest BCUT2D eigenvalue weighted by molar-refractivity contribution is 5.94. The maximum absolute atomic E-state index is 13.3. The molecule has 0 aliphatic heterocycles. The highest BCUT2D eigenvalue weighted by Crippen LogP contribution is 2.11. The quantitative estimate of drug-likeness (QED) is 0.0533. The van der Waals surface area contributed by atoms with Gasteiger partial charge >= 0.3 is 11.9 Å². The lowest BCUT2D eigenvalue weighted by molar-refractivity contribution is -0.143. The van der Waals surface area contributed by atoms with Gasteiger partial charge in [-0.15, -0.1) is 0 Å². The number of carbonyl (C=O) groups excluding carboxylic acids is 3. The number of hydrogen-bond donors (Lipinski definition) is 9. The van der Waals surface area contributed by atoms with E-state index in [1.54, 1.807) is 6.92 Å². The Bertz CT molecular complexity index is 996. The van der Waals surface area contributed by atoms with Crippen molar-refractivity contribution in [2.75, 3.05) is 6.54 Å². The molecule has 0 radical (unpaired) electrons. The van der Waals surface area contributed by atoms with Crippen molar-refractivity contribution in [2.45, 2.75) is 76.5 Å². The minimum atomic E-state index is -1.49. The third-order valence-electron chi connectivity index (χ3n) is 5.97. The minimum absolute atomic E-state index is 0.0751. The zero-order valence-corrected chi connectivity index (χ0v) is 22.1. The molecule has 1 rings (SSSR count). The Hall–Kier alpha value is -4.21. The normalized spacial score (nSPS) is 14.6. The van der Waals surface area contributed by atoms with Gasteiger partial charge in [0.25, 0.3) is 0 Å². The molecule has 12 N–H and O–H groups in total. The van der Waals surface area contributed by atoms with Crippen molar-refractivity contribution >= 4 is 35.6 Å². The van der Waals surface area contributed by atoms with Crippen LogP contribution in [0.1, 0.15) is 51.6 Å². The number of amides is 3. The fourth-order valence-electron chi connectivity index (χ4n) is 3.50. The Kier molecular flexibility index (Phi) is 14.0. The van der Waals surface area contributed by atoms with E-state index in [9.17, 15) is 29.1 Å². The first-order chi connectivity index (χ1) is 18.3. The van der Waals surface area contributed by atoms with E-state index in [-0.39, 0.29) is 37.7 Å². The first-order valence-electron chi connectivity index (χ1n) is 12.5. The number of hydrogen-bond acceptors (Lipinski definition) is 8. The number of carboxylic acids is 2. The van der Waals surface area contributed by atoms with Gasteiger partial charge in [-0.05, 0) is 25.2 Å². The summed E-state index contributed by atoms with van der Waals surface area (Å²) in [5.74, 6) is -5.17. The Morgan fingerprint density at radius 2 is 1.69 bits per heavy atom. The Morgan fingerprint density at radius 3 is 2.23 bits per heavy atom. The van der Waals surface area contributed by atoms with E-state index in [1.165, 1.54) is 12.5 Å². The highest BCUT2D eigenvalue weighted by atomic mass is 16.4. The van der Waals surface area contributed by atoms with E-state index in [2.05, 4.69) is 30.9 Å². The predicted molar refractivity (Wildman–Crippen MR) is 140 cm³/mol. The third-order valence-corrected chi connectivity index (χ3v) is 5.97. The topological polar surface area (TPSA) is 281 Å². The van der Waals surface area contributed by atoms with Crippen LogP contribution in [-0.4, -0.2) is 86.5 Å². The van der Waals surface area contributed by atoms with Crippen LogP contribution in [0.3, 0.4) is 0 Å². The summed E-state index contributed by atoms with van der Waals surface area (Å²) in [5.41, 5.74) is 17.0. The number of carbonyl (C=O) groups is 5. The number of H-pyrrole nitrogens is 1. The van der Waals surface area contributed by atoms with Crippen LogP contribution in [0.15, 0.2) is 17.5 Å². The number of imidazole rings is 1. The number of nitrogens with zero attached hydrogens (tertiary/aromatic N) is 2. The zero-order chi connectivity index (χ0) is 29.5. The standard InChI is InChI=1S/C23H39N9O7/c1-3-12(2)18(32-19(35)14(24)5-4-8-28-23(25)26)21(37)31-16(9-13-10-27-11-29-13)20(36)30-15(22(38)39)6-7-17(33)34/h10-12,14-16,18H,3-9,24H2,1-2H3,(H,27,29)(H,30,36)(H,31,37)(H,32,35)(H,33,34)(H,38,39)(H4,25,26,28). The van der Waals surface area contributed by atoms with E-state index in [4.69, 9.17) is 22.3 Å². The Morgan fingerprint density at radius 1 is 1.03 bits per heavy atom. The fraction of sp³-hybridized carbons (Fsp3) is 0.609. The van der Waals surface area contributed by atoms with Crippen molar-refractivity contribution in [2.24, 2.45) is 28.1 Å². The lowest BCUT2D eigenvalue weighted by atomic mass is 9.96. The number of guanidine groups is 1. The number of nitrogens with two attached hydrogens (primary N) is 3. The average Bonchev–Trinajstić information content (AvgIpc) is 3.38. The lowest BCUT2D eigenvalue weighted by Crippen LogP contribution is -2.59. The Balaban J connectivity index is 3.02. The molecular weight excluding hydrogens is 514 g/mol. The molecule has 1 aromatic rings. The number of aromatic amines is 1. The molecule has 1 aromatic heterocycles. The number of nitrogens with one attached hydrogen (secondary N) is 4. The Labute approximate surface area is 225 Å². The van der Waals surface area contributed by atoms with Gasteiger partial charge in [-0.2, -0.15) is 0 Å². The number of aromatic nitrogens is 2. The maximum Gasteiger partial charge on any atom is 0.326 e. The first-order valence-corrected chi connectivity index (χ1v) is 12.5. The van der Waals surface area contributed by atoms with E-state index in [0.29, 0.717) is 18.5 Å². The van der Waals surface area contributed by atoms with Gasteiger partial charge < -0.3 is 48.3 Å². The molecule has 0 bridgehead atoms. The molecule has 218 valence electrons. The molecule has 0 aliphatic carbocycles. The van der Waals surface area contributed by atoms with E-state index < -0.39 is 60.2 Å². The SMILES string of the molecule is CCC(C)C(NC(=O)C(N)CCCN=C(N)N)C(=O)NC(Cc1cnc[nH]1)C(=O)NC(CCC(=O)O)C(=O)O. The van der Waals surface area contributed by atoms with Crippen LogP contribution in [0.5, 0.6) is 0 Å². The van der Waals surface area contributed by atoms with Crippen LogP contribution in [0.2, 0.25) is 0 Å². The second-order valence-electron chi connectivity index (χ2n) is 9.10. The van der Waals surface area contributed by atoms with Gasteiger partial charge in [-0.1, -0.05) is 20.3 Å². The molecule has 39 heavy (non-hydrogen) atoms. The van der Waals surface area contributed by atoms with Crippen LogP contribution in [-0.2, 0) is 30.4 Å². The third kappa shape index (κ3) is 12.3. The van der Waals surface area contributed by atoms with E-state index in [0.717, 1.165) is 0 Å². The minimum Gasteiger partial charge on any atom is -0.481 e. The molecule has 16 heteroatoms. The molecule has 5 atom stereocenters. The van der Waals surface area contributed by atoms with Crippen molar-refractivity contribution in [3.8, 4) is 0 Å². The van der Waals surface area contributed by atoms with Crippen LogP contribution in [0.4, 0.5) is 0 Å². The fourth-order valence-corrected chi connectivity index (χ4v) is 3.50. The smallest absolute Gasteiger partial charge is 0.326 e. The summed E-state index contributed by atoms with van der Waals surface area (Å²) < 4.78 is 0. The number of rotatable bonds is 18. The van der Waals surface area contributed by atoms with Gasteiger partial charge in [0.1, 0.15) is 18.1 Å². The summed E-state index contributed by atoms with van der Waals surface area (Å²) in [7, 11) is 0. The molecule has 0 aliphatic rings. The van der Waals surface area contributed by atoms with Gasteiger partial charge in [-0.3, -0.25) is 24.2 Å². The first kappa shape index (κ1) is 32.8. The molecule has 0 saturated carbocycles. The molecule has 5 unspecified atom stereocenters. The van der Waals surface area contributed by atoms with Crippen LogP contribution in [0, 0.1) is 5.92 Å². The van der Waals surface area contributed by atoms with E-state index in [1.807, 2.05) is 6.92 Å². The monoisotopic (exact) mass is 553 g/mol. The molecule has 1 heterocycles. The largest absolute Gasteiger partial charge is 0.481 e. The van der Waals surface area contributed by atoms with Crippen molar-refractivity contribution in [3.05, 3.63) is 18.2 Å². The van der Waals surface area contributed by atoms with Gasteiger partial charge in [0.2, 0.25) is 17.7 Å². The average molecular weight is 554 g/mol. The van der Waals surface area contributed by atoms with E-state index >= 15 is 0 Å². The molecular formula is C23H39N9O7. The van der Waals surface area contributed by atoms with Gasteiger partial charge in [0, 0.05) is 31.3 Å². The number of aliphatic imine (C=N–C) groups is 1. The van der Waals surface area contributed by atoms with Crippen molar-refractivity contribution in [3.63, 3.8) is 0 Å². The molecule has 16 nitrogen and oxygen atoms in total. The van der Waals surface area contributed by atoms with Crippen LogP contribution >= 0.6 is 0 Å². The highest BCUT2D eigenvalue weighted by Gasteiger charge is 2.32. The number of carboxylic acid groups (broad SMARTS) is 2. The molecule has 0 saturated heterocycles. The predicted octanol–water partition coefficient (Wildman–Crippen LogP) is -2.22. The number of aliphatic carboxylic acids is 2.